The Morgan fingerprint density at radius 2 is 2.00 bits per heavy atom. The third-order valence-corrected chi connectivity index (χ3v) is 4.54. The molecule has 1 aromatic heterocycles. The third kappa shape index (κ3) is 1.58. The van der Waals surface area contributed by atoms with E-state index < -0.39 is 0 Å². The highest BCUT2D eigenvalue weighted by atomic mass is 19.1. The summed E-state index contributed by atoms with van der Waals surface area (Å²) >= 11 is 0. The van der Waals surface area contributed by atoms with Crippen LogP contribution in [0.3, 0.4) is 0 Å². The molecule has 0 N–H and O–H groups in total. The smallest absolute Gasteiger partial charge is 0.271 e. The fourth-order valence-electron chi connectivity index (χ4n) is 3.22. The van der Waals surface area contributed by atoms with Gasteiger partial charge in [0.2, 0.25) is 0 Å². The predicted molar refractivity (Wildman–Crippen MR) is 72.2 cm³/mol. The van der Waals surface area contributed by atoms with Gasteiger partial charge in [-0.15, -0.1) is 0 Å². The van der Waals surface area contributed by atoms with Gasteiger partial charge in [0.15, 0.2) is 0 Å². The molecule has 20 heavy (non-hydrogen) atoms. The first-order valence-electron chi connectivity index (χ1n) is 7.20. The summed E-state index contributed by atoms with van der Waals surface area (Å²) < 4.78 is 17.3. The molecule has 1 aliphatic carbocycles. The number of hydrogen-bond acceptors (Lipinski definition) is 2. The number of halogens is 1. The SMILES string of the molecule is O=c1n(C2CCC2)nc2n1C(c1ccccc1F)CC2. The van der Waals surface area contributed by atoms with E-state index in [9.17, 15) is 9.18 Å². The first-order chi connectivity index (χ1) is 9.75. The van der Waals surface area contributed by atoms with E-state index in [0.717, 1.165) is 37.9 Å². The van der Waals surface area contributed by atoms with Crippen molar-refractivity contribution >= 4 is 0 Å². The molecule has 1 saturated carbocycles. The molecular formula is C15H16FN3O. The topological polar surface area (TPSA) is 39.8 Å². The number of fused-ring (bicyclic) bond motifs is 1. The van der Waals surface area contributed by atoms with Crippen LogP contribution in [0.25, 0.3) is 0 Å². The van der Waals surface area contributed by atoms with Gasteiger partial charge in [-0.2, -0.15) is 5.10 Å². The van der Waals surface area contributed by atoms with Gasteiger partial charge < -0.3 is 0 Å². The number of aromatic nitrogens is 3. The van der Waals surface area contributed by atoms with Crippen molar-refractivity contribution < 1.29 is 4.39 Å². The van der Waals surface area contributed by atoms with Gasteiger partial charge in [0.05, 0.1) is 12.1 Å². The Morgan fingerprint density at radius 3 is 2.70 bits per heavy atom. The molecule has 1 unspecified atom stereocenters. The molecule has 104 valence electrons. The van der Waals surface area contributed by atoms with Crippen molar-refractivity contribution in [1.29, 1.82) is 0 Å². The van der Waals surface area contributed by atoms with E-state index in [-0.39, 0.29) is 23.6 Å². The second-order valence-electron chi connectivity index (χ2n) is 5.67. The summed E-state index contributed by atoms with van der Waals surface area (Å²) in [6, 6.07) is 6.76. The molecule has 1 aromatic carbocycles. The first kappa shape index (κ1) is 11.9. The van der Waals surface area contributed by atoms with Gasteiger partial charge >= 0.3 is 5.69 Å². The van der Waals surface area contributed by atoms with Gasteiger partial charge in [0, 0.05) is 12.0 Å². The van der Waals surface area contributed by atoms with Gasteiger partial charge in [0.1, 0.15) is 11.6 Å². The number of nitrogens with zero attached hydrogens (tertiary/aromatic N) is 3. The second-order valence-corrected chi connectivity index (χ2v) is 5.67. The lowest BCUT2D eigenvalue weighted by Gasteiger charge is -2.24. The van der Waals surface area contributed by atoms with E-state index in [1.165, 1.54) is 6.07 Å². The zero-order valence-corrected chi connectivity index (χ0v) is 11.1. The quantitative estimate of drug-likeness (QED) is 0.843. The van der Waals surface area contributed by atoms with Gasteiger partial charge in [-0.25, -0.2) is 13.9 Å². The van der Waals surface area contributed by atoms with Crippen LogP contribution in [-0.4, -0.2) is 14.3 Å². The van der Waals surface area contributed by atoms with Gasteiger partial charge in [0.25, 0.3) is 0 Å². The van der Waals surface area contributed by atoms with Crippen LogP contribution < -0.4 is 5.69 Å². The van der Waals surface area contributed by atoms with Crippen LogP contribution in [-0.2, 0) is 6.42 Å². The molecule has 1 fully saturated rings. The highest BCUT2D eigenvalue weighted by molar-refractivity contribution is 5.24. The minimum atomic E-state index is -0.242. The van der Waals surface area contributed by atoms with Crippen LogP contribution in [0.1, 0.15) is 49.2 Å². The van der Waals surface area contributed by atoms with E-state index in [2.05, 4.69) is 5.10 Å². The number of rotatable bonds is 2. The summed E-state index contributed by atoms with van der Waals surface area (Å²) in [5.74, 6) is 0.559. The molecule has 1 atom stereocenters. The van der Waals surface area contributed by atoms with Gasteiger partial charge in [-0.3, -0.25) is 4.57 Å². The highest BCUT2D eigenvalue weighted by Gasteiger charge is 2.33. The molecule has 0 amide bonds. The largest absolute Gasteiger partial charge is 0.346 e. The van der Waals surface area contributed by atoms with E-state index in [0.29, 0.717) is 5.56 Å². The van der Waals surface area contributed by atoms with E-state index in [4.69, 9.17) is 0 Å². The summed E-state index contributed by atoms with van der Waals surface area (Å²) in [7, 11) is 0. The van der Waals surface area contributed by atoms with Crippen molar-refractivity contribution in [1.82, 2.24) is 14.3 Å². The van der Waals surface area contributed by atoms with Crippen molar-refractivity contribution in [2.45, 2.75) is 44.2 Å². The number of benzene rings is 1. The molecule has 2 aromatic rings. The minimum Gasteiger partial charge on any atom is -0.271 e. The molecule has 1 aliphatic heterocycles. The van der Waals surface area contributed by atoms with Crippen LogP contribution in [0.2, 0.25) is 0 Å². The standard InChI is InChI=1S/C15H16FN3O/c16-12-7-2-1-6-11(12)13-8-9-14-17-19(10-4-3-5-10)15(20)18(13)14/h1-2,6-7,10,13H,3-5,8-9H2. The normalized spacial score (nSPS) is 21.8. The molecule has 0 saturated heterocycles. The monoisotopic (exact) mass is 273 g/mol. The summed E-state index contributed by atoms with van der Waals surface area (Å²) in [6.45, 7) is 0. The molecule has 0 bridgehead atoms. The van der Waals surface area contributed by atoms with E-state index >= 15 is 0 Å². The molecule has 0 radical (unpaired) electrons. The molecule has 0 spiro atoms. The van der Waals surface area contributed by atoms with Crippen LogP contribution >= 0.6 is 0 Å². The molecule has 4 rings (SSSR count). The Bertz CT molecular complexity index is 714. The van der Waals surface area contributed by atoms with Crippen molar-refractivity contribution in [3.8, 4) is 0 Å². The average Bonchev–Trinajstić information content (AvgIpc) is 2.91. The van der Waals surface area contributed by atoms with Crippen LogP contribution in [0.5, 0.6) is 0 Å². The molecule has 2 heterocycles. The van der Waals surface area contributed by atoms with E-state index in [1.807, 2.05) is 6.07 Å². The lowest BCUT2D eigenvalue weighted by molar-refractivity contribution is 0.277. The summed E-state index contributed by atoms with van der Waals surface area (Å²) in [5.41, 5.74) is 0.525. The highest BCUT2D eigenvalue weighted by Crippen LogP contribution is 2.33. The van der Waals surface area contributed by atoms with Crippen molar-refractivity contribution in [2.24, 2.45) is 0 Å². The Morgan fingerprint density at radius 1 is 1.20 bits per heavy atom. The number of aryl methyl sites for hydroxylation is 1. The Kier molecular flexibility index (Phi) is 2.55. The van der Waals surface area contributed by atoms with Crippen LogP contribution in [0.15, 0.2) is 29.1 Å². The Balaban J connectivity index is 1.80. The number of hydrogen-bond donors (Lipinski definition) is 0. The molecule has 4 nitrogen and oxygen atoms in total. The molecular weight excluding hydrogens is 257 g/mol. The third-order valence-electron chi connectivity index (χ3n) is 4.54. The maximum Gasteiger partial charge on any atom is 0.346 e. The van der Waals surface area contributed by atoms with Crippen LogP contribution in [0.4, 0.5) is 4.39 Å². The minimum absolute atomic E-state index is 0.0737. The van der Waals surface area contributed by atoms with E-state index in [1.54, 1.807) is 21.4 Å². The lowest BCUT2D eigenvalue weighted by atomic mass is 9.93. The fourth-order valence-corrected chi connectivity index (χ4v) is 3.22. The summed E-state index contributed by atoms with van der Waals surface area (Å²) in [5, 5.41) is 4.46. The lowest BCUT2D eigenvalue weighted by Crippen LogP contribution is -2.32. The second kappa shape index (κ2) is 4.30. The zero-order valence-electron chi connectivity index (χ0n) is 11.1. The van der Waals surface area contributed by atoms with Gasteiger partial charge in [-0.1, -0.05) is 18.2 Å². The predicted octanol–water partition coefficient (Wildman–Crippen LogP) is 2.44. The van der Waals surface area contributed by atoms with Gasteiger partial charge in [-0.05, 0) is 31.7 Å². The van der Waals surface area contributed by atoms with Crippen molar-refractivity contribution in [3.05, 3.63) is 52.0 Å². The van der Waals surface area contributed by atoms with Crippen molar-refractivity contribution in [3.63, 3.8) is 0 Å². The maximum absolute atomic E-state index is 14.0. The molecule has 5 heteroatoms. The summed E-state index contributed by atoms with van der Waals surface area (Å²) in [4.78, 5) is 12.5. The Hall–Kier alpha value is -1.91. The zero-order chi connectivity index (χ0) is 13.7. The van der Waals surface area contributed by atoms with Crippen molar-refractivity contribution in [2.75, 3.05) is 0 Å². The van der Waals surface area contributed by atoms with Crippen LogP contribution in [0, 0.1) is 5.82 Å². The average molecular weight is 273 g/mol. The maximum atomic E-state index is 14.0. The fraction of sp³-hybridized carbons (Fsp3) is 0.467. The Labute approximate surface area is 115 Å². The summed E-state index contributed by atoms with van der Waals surface area (Å²) in [6.07, 6.45) is 4.72. The molecule has 2 aliphatic rings. The first-order valence-corrected chi connectivity index (χ1v) is 7.20.